The molecule has 1 saturated carbocycles. The quantitative estimate of drug-likeness (QED) is 0.894. The van der Waals surface area contributed by atoms with Gasteiger partial charge in [-0.1, -0.05) is 6.92 Å². The standard InChI is InChI=1S/C15H18FNO3/c1-8-3-10(16)7-11(4-8)17-14(18)12-5-9(2)6-13(12)15(19)20/h3-4,7,9,12-13H,5-6H2,1-2H3,(H,17,18)(H,19,20)/t9?,12-,13+/m0/s1. The first-order chi connectivity index (χ1) is 9.36. The highest BCUT2D eigenvalue weighted by molar-refractivity contribution is 5.95. The van der Waals surface area contributed by atoms with Gasteiger partial charge in [-0.2, -0.15) is 0 Å². The molecule has 1 aliphatic rings. The average molecular weight is 279 g/mol. The molecule has 1 aromatic carbocycles. The maximum Gasteiger partial charge on any atom is 0.307 e. The second-order valence-corrected chi connectivity index (χ2v) is 5.63. The first-order valence-corrected chi connectivity index (χ1v) is 6.67. The number of amides is 1. The van der Waals surface area contributed by atoms with Crippen LogP contribution in [0, 0.1) is 30.5 Å². The van der Waals surface area contributed by atoms with E-state index >= 15 is 0 Å². The van der Waals surface area contributed by atoms with E-state index in [9.17, 15) is 14.0 Å². The number of rotatable bonds is 3. The highest BCUT2D eigenvalue weighted by Gasteiger charge is 2.41. The predicted molar refractivity (Wildman–Crippen MR) is 72.8 cm³/mol. The number of hydrogen-bond donors (Lipinski definition) is 2. The molecule has 20 heavy (non-hydrogen) atoms. The minimum atomic E-state index is -0.940. The summed E-state index contributed by atoms with van der Waals surface area (Å²) in [7, 11) is 0. The largest absolute Gasteiger partial charge is 0.481 e. The van der Waals surface area contributed by atoms with Crippen LogP contribution in [0.25, 0.3) is 0 Å². The van der Waals surface area contributed by atoms with E-state index in [1.165, 1.54) is 12.1 Å². The van der Waals surface area contributed by atoms with Crippen LogP contribution in [0.5, 0.6) is 0 Å². The zero-order valence-electron chi connectivity index (χ0n) is 11.5. The number of aliphatic carboxylic acids is 1. The molecule has 0 radical (unpaired) electrons. The molecular formula is C15H18FNO3. The van der Waals surface area contributed by atoms with Gasteiger partial charge >= 0.3 is 5.97 Å². The summed E-state index contributed by atoms with van der Waals surface area (Å²) >= 11 is 0. The van der Waals surface area contributed by atoms with Crippen LogP contribution in [-0.4, -0.2) is 17.0 Å². The van der Waals surface area contributed by atoms with Crippen molar-refractivity contribution in [2.75, 3.05) is 5.32 Å². The summed E-state index contributed by atoms with van der Waals surface area (Å²) < 4.78 is 13.3. The third-order valence-electron chi connectivity index (χ3n) is 3.76. The van der Waals surface area contributed by atoms with E-state index < -0.39 is 23.6 Å². The van der Waals surface area contributed by atoms with Crippen molar-refractivity contribution in [2.24, 2.45) is 17.8 Å². The number of carbonyl (C=O) groups excluding carboxylic acids is 1. The van der Waals surface area contributed by atoms with Gasteiger partial charge in [0.1, 0.15) is 5.82 Å². The van der Waals surface area contributed by atoms with E-state index in [1.807, 2.05) is 6.92 Å². The zero-order valence-corrected chi connectivity index (χ0v) is 11.5. The van der Waals surface area contributed by atoms with Gasteiger partial charge in [0.05, 0.1) is 11.8 Å². The topological polar surface area (TPSA) is 66.4 Å². The van der Waals surface area contributed by atoms with Gasteiger partial charge in [0.25, 0.3) is 0 Å². The normalized spacial score (nSPS) is 25.4. The fraction of sp³-hybridized carbons (Fsp3) is 0.467. The molecule has 2 N–H and O–H groups in total. The van der Waals surface area contributed by atoms with Gasteiger partial charge in [-0.15, -0.1) is 0 Å². The third-order valence-corrected chi connectivity index (χ3v) is 3.76. The van der Waals surface area contributed by atoms with E-state index in [1.54, 1.807) is 13.0 Å². The number of aryl methyl sites for hydroxylation is 1. The monoisotopic (exact) mass is 279 g/mol. The molecule has 5 heteroatoms. The van der Waals surface area contributed by atoms with Crippen molar-refractivity contribution in [3.8, 4) is 0 Å². The van der Waals surface area contributed by atoms with Crippen LogP contribution in [0.3, 0.4) is 0 Å². The van der Waals surface area contributed by atoms with Crippen molar-refractivity contribution in [2.45, 2.75) is 26.7 Å². The Bertz CT molecular complexity index is 524. The van der Waals surface area contributed by atoms with Crippen LogP contribution in [0.1, 0.15) is 25.3 Å². The van der Waals surface area contributed by atoms with Crippen LogP contribution in [0.2, 0.25) is 0 Å². The summed E-state index contributed by atoms with van der Waals surface area (Å²) in [6.07, 6.45) is 1.06. The first kappa shape index (κ1) is 14.5. The number of hydrogen-bond acceptors (Lipinski definition) is 2. The van der Waals surface area contributed by atoms with Crippen molar-refractivity contribution in [3.05, 3.63) is 29.6 Å². The molecule has 0 saturated heterocycles. The second kappa shape index (κ2) is 5.61. The summed E-state index contributed by atoms with van der Waals surface area (Å²) in [6, 6.07) is 4.27. The lowest BCUT2D eigenvalue weighted by atomic mass is 9.95. The number of benzene rings is 1. The minimum Gasteiger partial charge on any atom is -0.481 e. The highest BCUT2D eigenvalue weighted by atomic mass is 19.1. The number of carboxylic acid groups (broad SMARTS) is 1. The van der Waals surface area contributed by atoms with Crippen LogP contribution >= 0.6 is 0 Å². The SMILES string of the molecule is Cc1cc(F)cc(NC(=O)[C@H]2CC(C)C[C@H]2C(=O)O)c1. The first-order valence-electron chi connectivity index (χ1n) is 6.67. The lowest BCUT2D eigenvalue weighted by Crippen LogP contribution is -2.30. The Labute approximate surface area is 117 Å². The van der Waals surface area contributed by atoms with E-state index in [0.717, 1.165) is 0 Å². The van der Waals surface area contributed by atoms with E-state index in [2.05, 4.69) is 5.32 Å². The number of halogens is 1. The van der Waals surface area contributed by atoms with Crippen molar-refractivity contribution in [3.63, 3.8) is 0 Å². The Balaban J connectivity index is 2.13. The molecule has 0 aliphatic heterocycles. The Morgan fingerprint density at radius 2 is 1.90 bits per heavy atom. The van der Waals surface area contributed by atoms with Gasteiger partial charge in [-0.05, 0) is 49.4 Å². The third kappa shape index (κ3) is 3.15. The molecule has 1 aliphatic carbocycles. The Morgan fingerprint density at radius 1 is 1.25 bits per heavy atom. The molecule has 2 rings (SSSR count). The Hall–Kier alpha value is -1.91. The van der Waals surface area contributed by atoms with Crippen molar-refractivity contribution < 1.29 is 19.1 Å². The van der Waals surface area contributed by atoms with Gasteiger partial charge < -0.3 is 10.4 Å². The fourth-order valence-corrected chi connectivity index (χ4v) is 2.90. The number of anilines is 1. The maximum absolute atomic E-state index is 13.3. The second-order valence-electron chi connectivity index (χ2n) is 5.63. The van der Waals surface area contributed by atoms with Gasteiger partial charge in [-0.25, -0.2) is 4.39 Å². The lowest BCUT2D eigenvalue weighted by molar-refractivity contribution is -0.145. The fourth-order valence-electron chi connectivity index (χ4n) is 2.90. The van der Waals surface area contributed by atoms with E-state index in [-0.39, 0.29) is 11.8 Å². The predicted octanol–water partition coefficient (Wildman–Crippen LogP) is 2.82. The van der Waals surface area contributed by atoms with Crippen LogP contribution in [0.4, 0.5) is 10.1 Å². The summed E-state index contributed by atoms with van der Waals surface area (Å²) in [5.41, 5.74) is 1.08. The van der Waals surface area contributed by atoms with Crippen molar-refractivity contribution in [1.29, 1.82) is 0 Å². The number of carboxylic acids is 1. The molecule has 3 atom stereocenters. The van der Waals surface area contributed by atoms with Gasteiger partial charge in [-0.3, -0.25) is 9.59 Å². The molecule has 0 heterocycles. The Morgan fingerprint density at radius 3 is 2.50 bits per heavy atom. The molecule has 1 aromatic rings. The zero-order chi connectivity index (χ0) is 14.9. The molecule has 0 spiro atoms. The van der Waals surface area contributed by atoms with Crippen molar-refractivity contribution in [1.82, 2.24) is 0 Å². The molecule has 0 bridgehead atoms. The van der Waals surface area contributed by atoms with E-state index in [0.29, 0.717) is 24.1 Å². The molecule has 4 nitrogen and oxygen atoms in total. The lowest BCUT2D eigenvalue weighted by Gasteiger charge is -2.15. The summed E-state index contributed by atoms with van der Waals surface area (Å²) in [5, 5.41) is 11.8. The van der Waals surface area contributed by atoms with Gasteiger partial charge in [0, 0.05) is 5.69 Å². The van der Waals surface area contributed by atoms with Crippen molar-refractivity contribution >= 4 is 17.6 Å². The molecule has 0 aromatic heterocycles. The van der Waals surface area contributed by atoms with E-state index in [4.69, 9.17) is 5.11 Å². The number of carbonyl (C=O) groups is 2. The van der Waals surface area contributed by atoms with Crippen LogP contribution in [0.15, 0.2) is 18.2 Å². The molecule has 108 valence electrons. The molecule has 1 fully saturated rings. The maximum atomic E-state index is 13.3. The number of nitrogens with one attached hydrogen (secondary N) is 1. The smallest absolute Gasteiger partial charge is 0.307 e. The summed E-state index contributed by atoms with van der Waals surface area (Å²) in [4.78, 5) is 23.4. The van der Waals surface area contributed by atoms with Gasteiger partial charge in [0.2, 0.25) is 5.91 Å². The molecule has 1 amide bonds. The highest BCUT2D eigenvalue weighted by Crippen LogP contribution is 2.37. The minimum absolute atomic E-state index is 0.209. The summed E-state index contributed by atoms with van der Waals surface area (Å²) in [6.45, 7) is 3.67. The molecular weight excluding hydrogens is 261 g/mol. The Kier molecular flexibility index (Phi) is 4.06. The molecule has 1 unspecified atom stereocenters. The van der Waals surface area contributed by atoms with Gasteiger partial charge in [0.15, 0.2) is 0 Å². The van der Waals surface area contributed by atoms with Crippen LogP contribution < -0.4 is 5.32 Å². The summed E-state index contributed by atoms with van der Waals surface area (Å²) in [5.74, 6) is -2.70. The average Bonchev–Trinajstić information content (AvgIpc) is 2.70. The van der Waals surface area contributed by atoms with Crippen LogP contribution in [-0.2, 0) is 9.59 Å².